The van der Waals surface area contributed by atoms with E-state index in [0.29, 0.717) is 5.13 Å². The maximum absolute atomic E-state index is 10.7. The molecule has 0 radical (unpaired) electrons. The quantitative estimate of drug-likeness (QED) is 0.908. The number of aryl methyl sites for hydroxylation is 1. The summed E-state index contributed by atoms with van der Waals surface area (Å²) in [7, 11) is 0. The standard InChI is InChI=1S/C11H9BrN2O2S/c1-6-2-7(12)4-8(3-6)14-11-13-5-9(17-11)10(15)16/h2-5H,1H3,(H,13,14)(H,15,16). The molecule has 4 nitrogen and oxygen atoms in total. The first kappa shape index (κ1) is 12.1. The molecule has 0 spiro atoms. The van der Waals surface area contributed by atoms with Gasteiger partial charge >= 0.3 is 5.97 Å². The zero-order valence-electron chi connectivity index (χ0n) is 8.90. The number of thiazole rings is 1. The van der Waals surface area contributed by atoms with Crippen LogP contribution in [0.1, 0.15) is 15.2 Å². The summed E-state index contributed by atoms with van der Waals surface area (Å²) in [5.41, 5.74) is 1.99. The number of aromatic nitrogens is 1. The summed E-state index contributed by atoms with van der Waals surface area (Å²) < 4.78 is 0.968. The lowest BCUT2D eigenvalue weighted by Crippen LogP contribution is -1.90. The van der Waals surface area contributed by atoms with E-state index in [0.717, 1.165) is 27.1 Å². The fourth-order valence-corrected chi connectivity index (χ4v) is 2.65. The number of rotatable bonds is 3. The molecule has 0 unspecified atom stereocenters. The van der Waals surface area contributed by atoms with E-state index in [-0.39, 0.29) is 4.88 Å². The van der Waals surface area contributed by atoms with Crippen LogP contribution < -0.4 is 5.32 Å². The molecule has 0 amide bonds. The molecule has 0 fully saturated rings. The number of hydrogen-bond donors (Lipinski definition) is 2. The van der Waals surface area contributed by atoms with Crippen molar-refractivity contribution in [3.8, 4) is 0 Å². The van der Waals surface area contributed by atoms with Gasteiger partial charge < -0.3 is 10.4 Å². The van der Waals surface area contributed by atoms with Gasteiger partial charge in [0.1, 0.15) is 4.88 Å². The van der Waals surface area contributed by atoms with Gasteiger partial charge in [0.05, 0.1) is 6.20 Å². The summed E-state index contributed by atoms with van der Waals surface area (Å²) in [6.07, 6.45) is 1.35. The van der Waals surface area contributed by atoms with Crippen LogP contribution >= 0.6 is 27.3 Å². The van der Waals surface area contributed by atoms with Crippen molar-refractivity contribution in [3.05, 3.63) is 39.3 Å². The SMILES string of the molecule is Cc1cc(Br)cc(Nc2ncc(C(=O)O)s2)c1. The van der Waals surface area contributed by atoms with Gasteiger partial charge in [0.15, 0.2) is 5.13 Å². The lowest BCUT2D eigenvalue weighted by molar-refractivity contribution is 0.0702. The van der Waals surface area contributed by atoms with Gasteiger partial charge in [-0.15, -0.1) is 0 Å². The van der Waals surface area contributed by atoms with E-state index < -0.39 is 5.97 Å². The molecule has 88 valence electrons. The van der Waals surface area contributed by atoms with Crippen LogP contribution in [0, 0.1) is 6.92 Å². The van der Waals surface area contributed by atoms with Gasteiger partial charge in [-0.1, -0.05) is 27.3 Å². The van der Waals surface area contributed by atoms with Crippen LogP contribution in [0.25, 0.3) is 0 Å². The number of nitrogens with zero attached hydrogens (tertiary/aromatic N) is 1. The van der Waals surface area contributed by atoms with Crippen molar-refractivity contribution in [2.24, 2.45) is 0 Å². The largest absolute Gasteiger partial charge is 0.477 e. The number of carboxylic acid groups (broad SMARTS) is 1. The molecule has 1 heterocycles. The topological polar surface area (TPSA) is 62.2 Å². The zero-order valence-corrected chi connectivity index (χ0v) is 11.3. The first-order valence-electron chi connectivity index (χ1n) is 4.78. The Morgan fingerprint density at radius 2 is 2.24 bits per heavy atom. The lowest BCUT2D eigenvalue weighted by atomic mass is 10.2. The van der Waals surface area contributed by atoms with Crippen molar-refractivity contribution < 1.29 is 9.90 Å². The molecule has 17 heavy (non-hydrogen) atoms. The molecule has 2 aromatic rings. The van der Waals surface area contributed by atoms with Crippen LogP contribution in [0.5, 0.6) is 0 Å². The Labute approximate surface area is 110 Å². The molecule has 0 aliphatic carbocycles. The summed E-state index contributed by atoms with van der Waals surface area (Å²) in [5.74, 6) is -0.957. The van der Waals surface area contributed by atoms with Gasteiger partial charge in [0.25, 0.3) is 0 Å². The van der Waals surface area contributed by atoms with E-state index in [4.69, 9.17) is 5.11 Å². The Balaban J connectivity index is 2.22. The first-order chi connectivity index (χ1) is 8.04. The van der Waals surface area contributed by atoms with Gasteiger partial charge in [-0.3, -0.25) is 0 Å². The molecule has 1 aromatic heterocycles. The van der Waals surface area contributed by atoms with Crippen LogP contribution in [-0.4, -0.2) is 16.1 Å². The highest BCUT2D eigenvalue weighted by molar-refractivity contribution is 9.10. The van der Waals surface area contributed by atoms with Gasteiger partial charge in [-0.05, 0) is 30.7 Å². The Morgan fingerprint density at radius 3 is 2.82 bits per heavy atom. The number of carbonyl (C=O) groups is 1. The number of carboxylic acids is 1. The monoisotopic (exact) mass is 312 g/mol. The minimum atomic E-state index is -0.957. The van der Waals surface area contributed by atoms with Gasteiger partial charge in [0, 0.05) is 10.2 Å². The van der Waals surface area contributed by atoms with E-state index in [1.807, 2.05) is 25.1 Å². The number of aromatic carboxylic acids is 1. The van der Waals surface area contributed by atoms with E-state index in [1.165, 1.54) is 6.20 Å². The van der Waals surface area contributed by atoms with Crippen LogP contribution in [-0.2, 0) is 0 Å². The van der Waals surface area contributed by atoms with Gasteiger partial charge in [-0.25, -0.2) is 9.78 Å². The predicted molar refractivity (Wildman–Crippen MR) is 71.2 cm³/mol. The third kappa shape index (κ3) is 3.04. The second-order valence-corrected chi connectivity index (χ2v) is 5.42. The highest BCUT2D eigenvalue weighted by Crippen LogP contribution is 2.25. The van der Waals surface area contributed by atoms with Gasteiger partial charge in [0.2, 0.25) is 0 Å². The summed E-state index contributed by atoms with van der Waals surface area (Å²) >= 11 is 4.51. The molecule has 6 heteroatoms. The fourth-order valence-electron chi connectivity index (χ4n) is 1.36. The molecule has 2 N–H and O–H groups in total. The predicted octanol–water partition coefficient (Wildman–Crippen LogP) is 3.66. The Morgan fingerprint density at radius 1 is 1.47 bits per heavy atom. The summed E-state index contributed by atoms with van der Waals surface area (Å²) in [6, 6.07) is 5.87. The van der Waals surface area contributed by atoms with E-state index in [1.54, 1.807) is 0 Å². The number of anilines is 2. The molecule has 2 rings (SSSR count). The van der Waals surface area contributed by atoms with Crippen molar-refractivity contribution >= 4 is 44.1 Å². The van der Waals surface area contributed by atoms with Crippen LogP contribution in [0.4, 0.5) is 10.8 Å². The molecule has 0 saturated heterocycles. The van der Waals surface area contributed by atoms with Crippen molar-refractivity contribution in [3.63, 3.8) is 0 Å². The molecular weight excluding hydrogens is 304 g/mol. The molecule has 0 saturated carbocycles. The molecule has 0 atom stereocenters. The lowest BCUT2D eigenvalue weighted by Gasteiger charge is -2.04. The third-order valence-corrected chi connectivity index (χ3v) is 3.37. The minimum Gasteiger partial charge on any atom is -0.477 e. The van der Waals surface area contributed by atoms with Crippen molar-refractivity contribution in [1.29, 1.82) is 0 Å². The molecular formula is C11H9BrN2O2S. The number of halogens is 1. The van der Waals surface area contributed by atoms with Crippen LogP contribution in [0.3, 0.4) is 0 Å². The normalized spacial score (nSPS) is 10.2. The average molecular weight is 313 g/mol. The Kier molecular flexibility index (Phi) is 3.44. The molecule has 1 aromatic carbocycles. The Bertz CT molecular complexity index is 548. The van der Waals surface area contributed by atoms with E-state index >= 15 is 0 Å². The maximum atomic E-state index is 10.7. The smallest absolute Gasteiger partial charge is 0.347 e. The number of hydrogen-bond acceptors (Lipinski definition) is 4. The second kappa shape index (κ2) is 4.85. The third-order valence-electron chi connectivity index (χ3n) is 2.01. The molecule has 0 aliphatic heterocycles. The fraction of sp³-hybridized carbons (Fsp3) is 0.0909. The van der Waals surface area contributed by atoms with Crippen molar-refractivity contribution in [2.45, 2.75) is 6.92 Å². The average Bonchev–Trinajstić information content (AvgIpc) is 2.64. The highest BCUT2D eigenvalue weighted by atomic mass is 79.9. The number of benzene rings is 1. The summed E-state index contributed by atoms with van der Waals surface area (Å²) in [5, 5.41) is 12.4. The van der Waals surface area contributed by atoms with E-state index in [9.17, 15) is 4.79 Å². The Hall–Kier alpha value is -1.40. The minimum absolute atomic E-state index is 0.221. The highest BCUT2D eigenvalue weighted by Gasteiger charge is 2.08. The van der Waals surface area contributed by atoms with Gasteiger partial charge in [-0.2, -0.15) is 0 Å². The second-order valence-electron chi connectivity index (χ2n) is 3.48. The summed E-state index contributed by atoms with van der Waals surface area (Å²) in [4.78, 5) is 14.9. The zero-order chi connectivity index (χ0) is 12.4. The van der Waals surface area contributed by atoms with Crippen molar-refractivity contribution in [1.82, 2.24) is 4.98 Å². The number of nitrogens with one attached hydrogen (secondary N) is 1. The maximum Gasteiger partial charge on any atom is 0.347 e. The van der Waals surface area contributed by atoms with Crippen LogP contribution in [0.15, 0.2) is 28.9 Å². The summed E-state index contributed by atoms with van der Waals surface area (Å²) in [6.45, 7) is 1.99. The molecule has 0 bridgehead atoms. The first-order valence-corrected chi connectivity index (χ1v) is 6.39. The van der Waals surface area contributed by atoms with Crippen molar-refractivity contribution in [2.75, 3.05) is 5.32 Å². The van der Waals surface area contributed by atoms with Crippen LogP contribution in [0.2, 0.25) is 0 Å². The molecule has 0 aliphatic rings. The van der Waals surface area contributed by atoms with E-state index in [2.05, 4.69) is 26.2 Å².